The number of hydrogen-bond donors (Lipinski definition) is 2. The molecule has 5 heteroatoms. The minimum absolute atomic E-state index is 0.0743. The molecule has 0 aliphatic heterocycles. The Kier molecular flexibility index (Phi) is 3.85. The molecule has 10 heavy (non-hydrogen) atoms. The van der Waals surface area contributed by atoms with Crippen LogP contribution in [0.5, 0.6) is 0 Å². The Balaban J connectivity index is 3.56. The predicted octanol–water partition coefficient (Wildman–Crippen LogP) is -0.727. The van der Waals surface area contributed by atoms with Crippen molar-refractivity contribution in [2.45, 2.75) is 19.4 Å². The van der Waals surface area contributed by atoms with E-state index in [9.17, 15) is 8.42 Å². The van der Waals surface area contributed by atoms with Crippen molar-refractivity contribution in [3.8, 4) is 0 Å². The lowest BCUT2D eigenvalue weighted by molar-refractivity contribution is 0.569. The minimum Gasteiger partial charge on any atom is -0.327 e. The minimum atomic E-state index is -3.06. The first-order valence-corrected chi connectivity index (χ1v) is 5.05. The van der Waals surface area contributed by atoms with Gasteiger partial charge in [-0.15, -0.1) is 0 Å². The molecule has 1 atom stereocenters. The zero-order chi connectivity index (χ0) is 8.20. The summed E-state index contributed by atoms with van der Waals surface area (Å²) in [4.78, 5) is 0. The van der Waals surface area contributed by atoms with Crippen LogP contribution in [0.15, 0.2) is 0 Å². The van der Waals surface area contributed by atoms with Crippen LogP contribution in [0, 0.1) is 0 Å². The van der Waals surface area contributed by atoms with Crippen molar-refractivity contribution in [3.63, 3.8) is 0 Å². The molecule has 0 fully saturated rings. The van der Waals surface area contributed by atoms with E-state index in [0.29, 0.717) is 6.54 Å². The summed E-state index contributed by atoms with van der Waals surface area (Å²) in [6, 6.07) is -0.0743. The second kappa shape index (κ2) is 3.90. The summed E-state index contributed by atoms with van der Waals surface area (Å²) in [6.07, 6.45) is 1.90. The zero-order valence-corrected chi connectivity index (χ0v) is 7.11. The first-order valence-electron chi connectivity index (χ1n) is 3.16. The van der Waals surface area contributed by atoms with Crippen molar-refractivity contribution in [2.75, 3.05) is 12.8 Å². The summed E-state index contributed by atoms with van der Waals surface area (Å²) >= 11 is 0. The second-order valence-corrected chi connectivity index (χ2v) is 4.12. The summed E-state index contributed by atoms with van der Waals surface area (Å²) in [6.45, 7) is 2.24. The third kappa shape index (κ3) is 6.00. The van der Waals surface area contributed by atoms with Gasteiger partial charge in [0.05, 0.1) is 6.26 Å². The average molecular weight is 166 g/mol. The number of rotatable bonds is 4. The molecular weight excluding hydrogens is 152 g/mol. The van der Waals surface area contributed by atoms with Gasteiger partial charge in [0.1, 0.15) is 0 Å². The summed E-state index contributed by atoms with van der Waals surface area (Å²) in [5, 5.41) is 0. The van der Waals surface area contributed by atoms with E-state index in [4.69, 9.17) is 5.73 Å². The maximum Gasteiger partial charge on any atom is 0.208 e. The van der Waals surface area contributed by atoms with Crippen LogP contribution < -0.4 is 10.5 Å². The van der Waals surface area contributed by atoms with Gasteiger partial charge < -0.3 is 5.73 Å². The maximum atomic E-state index is 10.5. The van der Waals surface area contributed by atoms with E-state index < -0.39 is 10.0 Å². The molecule has 0 aromatic heterocycles. The maximum absolute atomic E-state index is 10.5. The van der Waals surface area contributed by atoms with Gasteiger partial charge in [-0.2, -0.15) is 0 Å². The van der Waals surface area contributed by atoms with Crippen LogP contribution in [0.3, 0.4) is 0 Å². The van der Waals surface area contributed by atoms with Gasteiger partial charge in [-0.1, -0.05) is 6.92 Å². The first kappa shape index (κ1) is 9.87. The monoisotopic (exact) mass is 166 g/mol. The topological polar surface area (TPSA) is 72.2 Å². The predicted molar refractivity (Wildman–Crippen MR) is 41.1 cm³/mol. The Labute approximate surface area is 61.8 Å². The molecule has 0 rings (SSSR count). The number of sulfonamides is 1. The Morgan fingerprint density at radius 2 is 2.10 bits per heavy atom. The van der Waals surface area contributed by atoms with Gasteiger partial charge in [0.25, 0.3) is 0 Å². The molecule has 0 unspecified atom stereocenters. The van der Waals surface area contributed by atoms with Gasteiger partial charge in [-0.25, -0.2) is 13.1 Å². The van der Waals surface area contributed by atoms with Gasteiger partial charge in [-0.05, 0) is 6.42 Å². The van der Waals surface area contributed by atoms with Crippen LogP contribution in [0.1, 0.15) is 13.3 Å². The molecule has 0 aromatic rings. The first-order chi connectivity index (χ1) is 4.45. The Hall–Kier alpha value is -0.130. The molecule has 0 saturated carbocycles. The highest BCUT2D eigenvalue weighted by atomic mass is 32.2. The third-order valence-electron chi connectivity index (χ3n) is 1.13. The summed E-state index contributed by atoms with van der Waals surface area (Å²) < 4.78 is 23.3. The molecular formula is C5H14N2O2S. The van der Waals surface area contributed by atoms with Crippen LogP contribution in [-0.4, -0.2) is 27.3 Å². The lowest BCUT2D eigenvalue weighted by atomic mass is 10.2. The van der Waals surface area contributed by atoms with Crippen LogP contribution in [0.4, 0.5) is 0 Å². The smallest absolute Gasteiger partial charge is 0.208 e. The Morgan fingerprint density at radius 3 is 2.40 bits per heavy atom. The average Bonchev–Trinajstić information content (AvgIpc) is 1.81. The molecule has 0 spiro atoms. The van der Waals surface area contributed by atoms with Gasteiger partial charge in [0, 0.05) is 12.6 Å². The molecule has 0 aliphatic rings. The lowest BCUT2D eigenvalue weighted by Crippen LogP contribution is -2.36. The van der Waals surface area contributed by atoms with Crippen molar-refractivity contribution in [3.05, 3.63) is 0 Å². The SMILES string of the molecule is CC[C@@H](N)CNS(C)(=O)=O. The molecule has 62 valence electrons. The molecule has 0 aliphatic carbocycles. The second-order valence-electron chi connectivity index (χ2n) is 2.29. The van der Waals surface area contributed by atoms with Crippen LogP contribution in [0.2, 0.25) is 0 Å². The lowest BCUT2D eigenvalue weighted by Gasteiger charge is -2.07. The normalized spacial score (nSPS) is 15.1. The van der Waals surface area contributed by atoms with Gasteiger partial charge >= 0.3 is 0 Å². The van der Waals surface area contributed by atoms with Crippen molar-refractivity contribution in [1.82, 2.24) is 4.72 Å². The van der Waals surface area contributed by atoms with Crippen LogP contribution in [-0.2, 0) is 10.0 Å². The fraction of sp³-hybridized carbons (Fsp3) is 1.00. The number of nitrogens with two attached hydrogens (primary N) is 1. The van der Waals surface area contributed by atoms with Crippen LogP contribution >= 0.6 is 0 Å². The van der Waals surface area contributed by atoms with E-state index in [1.165, 1.54) is 0 Å². The Bertz CT molecular complexity index is 176. The quantitative estimate of drug-likeness (QED) is 0.578. The summed E-state index contributed by atoms with van der Waals surface area (Å²) in [5.41, 5.74) is 5.45. The number of nitrogens with one attached hydrogen (secondary N) is 1. The molecule has 4 nitrogen and oxygen atoms in total. The Morgan fingerprint density at radius 1 is 1.60 bits per heavy atom. The molecule has 0 aromatic carbocycles. The summed E-state index contributed by atoms with van der Waals surface area (Å²) in [7, 11) is -3.06. The van der Waals surface area contributed by atoms with E-state index in [-0.39, 0.29) is 6.04 Å². The van der Waals surface area contributed by atoms with Crippen molar-refractivity contribution in [1.29, 1.82) is 0 Å². The van der Waals surface area contributed by atoms with E-state index in [1.54, 1.807) is 0 Å². The number of hydrogen-bond acceptors (Lipinski definition) is 3. The molecule has 3 N–H and O–H groups in total. The van der Waals surface area contributed by atoms with Gasteiger partial charge in [-0.3, -0.25) is 0 Å². The molecule has 0 bridgehead atoms. The molecule has 0 saturated heterocycles. The highest BCUT2D eigenvalue weighted by Crippen LogP contribution is 1.83. The highest BCUT2D eigenvalue weighted by Gasteiger charge is 2.03. The van der Waals surface area contributed by atoms with E-state index in [2.05, 4.69) is 4.72 Å². The fourth-order valence-corrected chi connectivity index (χ4v) is 0.920. The van der Waals surface area contributed by atoms with Crippen molar-refractivity contribution < 1.29 is 8.42 Å². The zero-order valence-electron chi connectivity index (χ0n) is 6.29. The summed E-state index contributed by atoms with van der Waals surface area (Å²) in [5.74, 6) is 0. The molecule has 0 heterocycles. The van der Waals surface area contributed by atoms with Crippen LogP contribution in [0.25, 0.3) is 0 Å². The fourth-order valence-electron chi connectivity index (χ4n) is 0.403. The molecule has 0 amide bonds. The van der Waals surface area contributed by atoms with Crippen molar-refractivity contribution in [2.24, 2.45) is 5.73 Å². The van der Waals surface area contributed by atoms with Gasteiger partial charge in [0.15, 0.2) is 0 Å². The largest absolute Gasteiger partial charge is 0.327 e. The third-order valence-corrected chi connectivity index (χ3v) is 1.82. The van der Waals surface area contributed by atoms with E-state index >= 15 is 0 Å². The standard InChI is InChI=1S/C5H14N2O2S/c1-3-5(6)4-7-10(2,8)9/h5,7H,3-4,6H2,1-2H3/t5-/m1/s1. The highest BCUT2D eigenvalue weighted by molar-refractivity contribution is 7.88. The van der Waals surface area contributed by atoms with E-state index in [1.807, 2.05) is 6.92 Å². The molecule has 0 radical (unpaired) electrons. The van der Waals surface area contributed by atoms with Gasteiger partial charge in [0.2, 0.25) is 10.0 Å². The van der Waals surface area contributed by atoms with E-state index in [0.717, 1.165) is 12.7 Å². The van der Waals surface area contributed by atoms with Crippen molar-refractivity contribution >= 4 is 10.0 Å².